The Kier molecular flexibility index (Phi) is 4.38. The lowest BCUT2D eigenvalue weighted by Gasteiger charge is -2.21. The minimum Gasteiger partial charge on any atom is -0.491 e. The zero-order valence-electron chi connectivity index (χ0n) is 11.9. The quantitative estimate of drug-likeness (QED) is 0.835. The fourth-order valence-electron chi connectivity index (χ4n) is 3.08. The van der Waals surface area contributed by atoms with E-state index in [0.717, 1.165) is 38.2 Å². The molecule has 0 amide bonds. The molecule has 0 spiro atoms. The van der Waals surface area contributed by atoms with Gasteiger partial charge in [0.05, 0.1) is 0 Å². The highest BCUT2D eigenvalue weighted by Gasteiger charge is 2.17. The summed E-state index contributed by atoms with van der Waals surface area (Å²) in [5, 5.41) is 10.1. The maximum absolute atomic E-state index is 10.1. The number of hydrogen-bond donors (Lipinski definition) is 1. The van der Waals surface area contributed by atoms with Crippen molar-refractivity contribution in [1.82, 2.24) is 4.90 Å². The summed E-state index contributed by atoms with van der Waals surface area (Å²) in [7, 11) is 0. The Hall–Kier alpha value is -1.32. The number of fused-ring (bicyclic) bond motifs is 1. The van der Waals surface area contributed by atoms with Crippen LogP contribution in [0.4, 0.5) is 0 Å². The maximum Gasteiger partial charge on any atom is 0.123 e. The van der Waals surface area contributed by atoms with Crippen LogP contribution in [0.3, 0.4) is 0 Å². The third-order valence-corrected chi connectivity index (χ3v) is 4.16. The number of aliphatic hydroxyl groups excluding tert-OH is 1. The Labute approximate surface area is 120 Å². The Morgan fingerprint density at radius 3 is 2.80 bits per heavy atom. The molecule has 1 aromatic carbocycles. The number of nitrogens with zero attached hydrogens (tertiary/aromatic N) is 1. The van der Waals surface area contributed by atoms with E-state index in [-0.39, 0.29) is 0 Å². The first-order valence-corrected chi connectivity index (χ1v) is 7.62. The van der Waals surface area contributed by atoms with Crippen LogP contribution in [0.5, 0.6) is 5.75 Å². The lowest BCUT2D eigenvalue weighted by Crippen LogP contribution is -2.33. The van der Waals surface area contributed by atoms with Gasteiger partial charge >= 0.3 is 0 Å². The Bertz CT molecular complexity index is 478. The fraction of sp³-hybridized carbons (Fsp3) is 0.529. The SMILES string of the molecule is OC(COc1cccc2c1CC=CC2)CN1CCCC1. The van der Waals surface area contributed by atoms with E-state index in [0.29, 0.717) is 6.61 Å². The van der Waals surface area contributed by atoms with Crippen molar-refractivity contribution in [1.29, 1.82) is 0 Å². The first-order valence-electron chi connectivity index (χ1n) is 7.62. The van der Waals surface area contributed by atoms with Crippen LogP contribution in [0, 0.1) is 0 Å². The molecule has 20 heavy (non-hydrogen) atoms. The highest BCUT2D eigenvalue weighted by atomic mass is 16.5. The molecule has 3 rings (SSSR count). The van der Waals surface area contributed by atoms with E-state index >= 15 is 0 Å². The fourth-order valence-corrected chi connectivity index (χ4v) is 3.08. The van der Waals surface area contributed by atoms with E-state index < -0.39 is 6.10 Å². The third kappa shape index (κ3) is 3.22. The number of likely N-dealkylation sites (tertiary alicyclic amines) is 1. The predicted octanol–water partition coefficient (Wildman–Crippen LogP) is 2.18. The number of hydrogen-bond acceptors (Lipinski definition) is 3. The molecule has 1 unspecified atom stereocenters. The molecule has 2 aliphatic rings. The van der Waals surface area contributed by atoms with Crippen LogP contribution >= 0.6 is 0 Å². The molecular weight excluding hydrogens is 250 g/mol. The second kappa shape index (κ2) is 6.42. The van der Waals surface area contributed by atoms with Gasteiger partial charge in [-0.05, 0) is 50.4 Å². The van der Waals surface area contributed by atoms with Crippen molar-refractivity contribution in [3.05, 3.63) is 41.5 Å². The molecule has 1 aromatic rings. The van der Waals surface area contributed by atoms with Crippen LogP contribution in [0.1, 0.15) is 24.0 Å². The molecule has 0 radical (unpaired) electrons. The van der Waals surface area contributed by atoms with Crippen LogP contribution < -0.4 is 4.74 Å². The van der Waals surface area contributed by atoms with Gasteiger partial charge in [0.15, 0.2) is 0 Å². The number of benzene rings is 1. The number of allylic oxidation sites excluding steroid dienone is 2. The van der Waals surface area contributed by atoms with E-state index in [9.17, 15) is 5.11 Å². The highest BCUT2D eigenvalue weighted by molar-refractivity contribution is 5.44. The first kappa shape index (κ1) is 13.7. The zero-order valence-corrected chi connectivity index (χ0v) is 11.9. The molecule has 1 aliphatic carbocycles. The van der Waals surface area contributed by atoms with Gasteiger partial charge in [-0.3, -0.25) is 0 Å². The average Bonchev–Trinajstić information content (AvgIpc) is 2.98. The van der Waals surface area contributed by atoms with Gasteiger partial charge in [-0.1, -0.05) is 24.3 Å². The summed E-state index contributed by atoms with van der Waals surface area (Å²) in [6.07, 6.45) is 8.43. The van der Waals surface area contributed by atoms with Crippen LogP contribution in [0.15, 0.2) is 30.4 Å². The van der Waals surface area contributed by atoms with Crippen LogP contribution in [0.2, 0.25) is 0 Å². The van der Waals surface area contributed by atoms with Gasteiger partial charge in [0, 0.05) is 12.1 Å². The monoisotopic (exact) mass is 273 g/mol. The van der Waals surface area contributed by atoms with E-state index in [2.05, 4.69) is 23.1 Å². The molecular formula is C17H23NO2. The van der Waals surface area contributed by atoms with Gasteiger partial charge in [0.25, 0.3) is 0 Å². The largest absolute Gasteiger partial charge is 0.491 e. The summed E-state index contributed by atoms with van der Waals surface area (Å²) in [5.74, 6) is 0.937. The Balaban J connectivity index is 1.55. The molecule has 0 bridgehead atoms. The molecule has 0 aromatic heterocycles. The second-order valence-electron chi connectivity index (χ2n) is 5.75. The average molecular weight is 273 g/mol. The van der Waals surface area contributed by atoms with Crippen molar-refractivity contribution in [2.45, 2.75) is 31.8 Å². The lowest BCUT2D eigenvalue weighted by molar-refractivity contribution is 0.0755. The van der Waals surface area contributed by atoms with Gasteiger partial charge < -0.3 is 14.7 Å². The lowest BCUT2D eigenvalue weighted by atomic mass is 9.96. The van der Waals surface area contributed by atoms with Gasteiger partial charge in [-0.2, -0.15) is 0 Å². The molecule has 0 saturated carbocycles. The van der Waals surface area contributed by atoms with Crippen molar-refractivity contribution >= 4 is 0 Å². The summed E-state index contributed by atoms with van der Waals surface area (Å²) in [6, 6.07) is 6.22. The predicted molar refractivity (Wildman–Crippen MR) is 80.2 cm³/mol. The van der Waals surface area contributed by atoms with Crippen LogP contribution in [-0.2, 0) is 12.8 Å². The van der Waals surface area contributed by atoms with Crippen molar-refractivity contribution < 1.29 is 9.84 Å². The molecule has 1 N–H and O–H groups in total. The van der Waals surface area contributed by atoms with Gasteiger partial charge in [0.2, 0.25) is 0 Å². The number of β-amino-alcohol motifs (C(OH)–C–C–N with tert-alkyl or cyclic N) is 1. The van der Waals surface area contributed by atoms with Gasteiger partial charge in [0.1, 0.15) is 18.5 Å². The molecule has 1 heterocycles. The van der Waals surface area contributed by atoms with Crippen molar-refractivity contribution in [3.8, 4) is 5.75 Å². The summed E-state index contributed by atoms with van der Waals surface area (Å²) >= 11 is 0. The summed E-state index contributed by atoms with van der Waals surface area (Å²) < 4.78 is 5.87. The minimum absolute atomic E-state index is 0.386. The molecule has 108 valence electrons. The standard InChI is InChI=1S/C17H23NO2/c19-15(12-18-10-3-4-11-18)13-20-17-9-5-7-14-6-1-2-8-16(14)17/h1-2,5,7,9,15,19H,3-4,6,8,10-13H2. The van der Waals surface area contributed by atoms with E-state index in [1.54, 1.807) is 0 Å². The summed E-state index contributed by atoms with van der Waals surface area (Å²) in [6.45, 7) is 3.34. The van der Waals surface area contributed by atoms with E-state index in [4.69, 9.17) is 4.74 Å². The van der Waals surface area contributed by atoms with Crippen LogP contribution in [-0.4, -0.2) is 42.4 Å². The molecule has 3 nitrogen and oxygen atoms in total. The van der Waals surface area contributed by atoms with Gasteiger partial charge in [-0.25, -0.2) is 0 Å². The first-order chi connectivity index (χ1) is 9.83. The Morgan fingerprint density at radius 2 is 1.95 bits per heavy atom. The van der Waals surface area contributed by atoms with Gasteiger partial charge in [-0.15, -0.1) is 0 Å². The molecule has 1 atom stereocenters. The number of ether oxygens (including phenoxy) is 1. The Morgan fingerprint density at radius 1 is 1.15 bits per heavy atom. The molecule has 1 fully saturated rings. The molecule has 1 aliphatic heterocycles. The van der Waals surface area contributed by atoms with Crippen molar-refractivity contribution in [2.75, 3.05) is 26.2 Å². The smallest absolute Gasteiger partial charge is 0.123 e. The van der Waals surface area contributed by atoms with Crippen molar-refractivity contribution in [2.24, 2.45) is 0 Å². The second-order valence-corrected chi connectivity index (χ2v) is 5.75. The number of rotatable bonds is 5. The molecule has 3 heteroatoms. The van der Waals surface area contributed by atoms with Crippen LogP contribution in [0.25, 0.3) is 0 Å². The topological polar surface area (TPSA) is 32.7 Å². The summed E-state index contributed by atoms with van der Waals surface area (Å²) in [5.41, 5.74) is 2.63. The van der Waals surface area contributed by atoms with Crippen molar-refractivity contribution in [3.63, 3.8) is 0 Å². The normalized spacial score (nSPS) is 19.9. The third-order valence-electron chi connectivity index (χ3n) is 4.16. The molecule has 1 saturated heterocycles. The summed E-state index contributed by atoms with van der Waals surface area (Å²) in [4.78, 5) is 2.32. The highest BCUT2D eigenvalue weighted by Crippen LogP contribution is 2.26. The van der Waals surface area contributed by atoms with E-state index in [1.165, 1.54) is 24.0 Å². The van der Waals surface area contributed by atoms with E-state index in [1.807, 2.05) is 12.1 Å². The number of aliphatic hydroxyl groups is 1. The maximum atomic E-state index is 10.1. The zero-order chi connectivity index (χ0) is 13.8. The minimum atomic E-state index is -0.400.